The number of carbonyl (C=O) groups is 1. The minimum absolute atomic E-state index is 0.0163. The first-order valence-electron chi connectivity index (χ1n) is 9.43. The van der Waals surface area contributed by atoms with E-state index in [0.29, 0.717) is 23.1 Å². The van der Waals surface area contributed by atoms with Crippen LogP contribution in [-0.4, -0.2) is 20.5 Å². The van der Waals surface area contributed by atoms with Gasteiger partial charge in [0.05, 0.1) is 28.2 Å². The molecule has 0 aliphatic carbocycles. The van der Waals surface area contributed by atoms with E-state index < -0.39 is 18.6 Å². The van der Waals surface area contributed by atoms with Gasteiger partial charge in [-0.25, -0.2) is 9.97 Å². The van der Waals surface area contributed by atoms with Gasteiger partial charge in [0.2, 0.25) is 0 Å². The van der Waals surface area contributed by atoms with Crippen molar-refractivity contribution in [2.45, 2.75) is 32.4 Å². The minimum Gasteiger partial charge on any atom is -0.454 e. The molecule has 0 bridgehead atoms. The standard InChI is InChI=1S/C22H19F2N3O2S/c1-14(21-26-17-9-5-6-10-18(17)27(21)22(23)24)29-20(28)12-16-13-30-19(25-16)11-15-7-3-2-4-8-15/h2-10,13-14,22H,11-12H2,1H3. The monoisotopic (exact) mass is 427 g/mol. The zero-order valence-electron chi connectivity index (χ0n) is 16.2. The van der Waals surface area contributed by atoms with Crippen LogP contribution in [0.4, 0.5) is 8.78 Å². The summed E-state index contributed by atoms with van der Waals surface area (Å²) < 4.78 is 33.4. The van der Waals surface area contributed by atoms with E-state index in [4.69, 9.17) is 4.74 Å². The Bertz CT molecular complexity index is 1160. The van der Waals surface area contributed by atoms with Crippen molar-refractivity contribution in [1.29, 1.82) is 0 Å². The number of nitrogens with zero attached hydrogens (tertiary/aromatic N) is 3. The van der Waals surface area contributed by atoms with E-state index >= 15 is 0 Å². The van der Waals surface area contributed by atoms with Gasteiger partial charge < -0.3 is 4.74 Å². The smallest absolute Gasteiger partial charge is 0.320 e. The number of benzene rings is 2. The number of esters is 1. The average molecular weight is 427 g/mol. The molecular formula is C22H19F2N3O2S. The van der Waals surface area contributed by atoms with Crippen LogP contribution >= 0.6 is 11.3 Å². The van der Waals surface area contributed by atoms with Crippen molar-refractivity contribution in [2.75, 3.05) is 0 Å². The first-order valence-corrected chi connectivity index (χ1v) is 10.3. The molecule has 4 aromatic rings. The summed E-state index contributed by atoms with van der Waals surface area (Å²) in [5.41, 5.74) is 2.47. The maximum Gasteiger partial charge on any atom is 0.320 e. The van der Waals surface area contributed by atoms with Crippen molar-refractivity contribution in [2.24, 2.45) is 0 Å². The Morgan fingerprint density at radius 2 is 1.83 bits per heavy atom. The van der Waals surface area contributed by atoms with Crippen LogP contribution in [0.1, 0.15) is 41.7 Å². The minimum atomic E-state index is -2.78. The number of carbonyl (C=O) groups excluding carboxylic acids is 1. The Balaban J connectivity index is 1.43. The molecule has 0 aliphatic rings. The highest BCUT2D eigenvalue weighted by molar-refractivity contribution is 7.09. The van der Waals surface area contributed by atoms with Crippen LogP contribution in [-0.2, 0) is 22.4 Å². The van der Waals surface area contributed by atoms with Crippen molar-refractivity contribution >= 4 is 28.3 Å². The molecule has 0 aliphatic heterocycles. The molecule has 2 aromatic heterocycles. The first-order chi connectivity index (χ1) is 14.5. The fourth-order valence-corrected chi connectivity index (χ4v) is 4.10. The van der Waals surface area contributed by atoms with Crippen molar-refractivity contribution in [3.8, 4) is 0 Å². The maximum absolute atomic E-state index is 13.6. The number of halogens is 2. The molecule has 1 atom stereocenters. The van der Waals surface area contributed by atoms with Gasteiger partial charge in [-0.2, -0.15) is 8.78 Å². The van der Waals surface area contributed by atoms with Crippen LogP contribution < -0.4 is 0 Å². The number of hydrogen-bond acceptors (Lipinski definition) is 5. The number of ether oxygens (including phenoxy) is 1. The summed E-state index contributed by atoms with van der Waals surface area (Å²) >= 11 is 1.48. The Labute approximate surface area is 176 Å². The van der Waals surface area contributed by atoms with E-state index in [1.54, 1.807) is 31.2 Å². The van der Waals surface area contributed by atoms with Crippen molar-refractivity contribution in [1.82, 2.24) is 14.5 Å². The van der Waals surface area contributed by atoms with Crippen LogP contribution in [0.3, 0.4) is 0 Å². The molecule has 154 valence electrons. The molecule has 8 heteroatoms. The quantitative estimate of drug-likeness (QED) is 0.374. The third kappa shape index (κ3) is 4.38. The van der Waals surface area contributed by atoms with Gasteiger partial charge in [0.15, 0.2) is 11.9 Å². The van der Waals surface area contributed by atoms with Crippen molar-refractivity contribution < 1.29 is 18.3 Å². The second-order valence-electron chi connectivity index (χ2n) is 6.81. The van der Waals surface area contributed by atoms with E-state index in [1.807, 2.05) is 35.7 Å². The van der Waals surface area contributed by atoms with Gasteiger partial charge in [0.25, 0.3) is 0 Å². The van der Waals surface area contributed by atoms with Gasteiger partial charge >= 0.3 is 12.5 Å². The van der Waals surface area contributed by atoms with E-state index in [9.17, 15) is 13.6 Å². The van der Waals surface area contributed by atoms with E-state index in [-0.39, 0.29) is 12.2 Å². The summed E-state index contributed by atoms with van der Waals surface area (Å²) in [5, 5.41) is 2.72. The van der Waals surface area contributed by atoms with E-state index in [0.717, 1.165) is 15.1 Å². The Kier molecular flexibility index (Phi) is 5.85. The number of rotatable bonds is 7. The molecule has 2 aromatic carbocycles. The van der Waals surface area contributed by atoms with Gasteiger partial charge in [-0.05, 0) is 24.6 Å². The van der Waals surface area contributed by atoms with E-state index in [1.165, 1.54) is 11.3 Å². The van der Waals surface area contributed by atoms with Crippen LogP contribution in [0.25, 0.3) is 11.0 Å². The average Bonchev–Trinajstić information content (AvgIpc) is 3.32. The van der Waals surface area contributed by atoms with Crippen LogP contribution in [0, 0.1) is 0 Å². The zero-order chi connectivity index (χ0) is 21.1. The predicted molar refractivity (Wildman–Crippen MR) is 111 cm³/mol. The highest BCUT2D eigenvalue weighted by atomic mass is 32.1. The largest absolute Gasteiger partial charge is 0.454 e. The number of alkyl halides is 2. The number of hydrogen-bond donors (Lipinski definition) is 0. The molecule has 5 nitrogen and oxygen atoms in total. The lowest BCUT2D eigenvalue weighted by atomic mass is 10.2. The van der Waals surface area contributed by atoms with Crippen LogP contribution in [0.5, 0.6) is 0 Å². The molecule has 0 saturated heterocycles. The molecular weight excluding hydrogens is 408 g/mol. The summed E-state index contributed by atoms with van der Waals surface area (Å²) in [4.78, 5) is 21.1. The van der Waals surface area contributed by atoms with Gasteiger partial charge in [-0.1, -0.05) is 42.5 Å². The van der Waals surface area contributed by atoms with Gasteiger partial charge in [-0.3, -0.25) is 9.36 Å². The lowest BCUT2D eigenvalue weighted by molar-refractivity contribution is -0.148. The topological polar surface area (TPSA) is 57.0 Å². The highest BCUT2D eigenvalue weighted by Gasteiger charge is 2.24. The fraction of sp³-hybridized carbons (Fsp3) is 0.227. The Hall–Kier alpha value is -3.13. The second-order valence-corrected chi connectivity index (χ2v) is 7.75. The Morgan fingerprint density at radius 3 is 2.60 bits per heavy atom. The number of aromatic nitrogens is 3. The molecule has 4 rings (SSSR count). The summed E-state index contributed by atoms with van der Waals surface area (Å²) in [5.74, 6) is -0.519. The normalized spacial score (nSPS) is 12.4. The van der Waals surface area contributed by atoms with Gasteiger partial charge in [0.1, 0.15) is 0 Å². The molecule has 0 radical (unpaired) electrons. The fourth-order valence-electron chi connectivity index (χ4n) is 3.28. The van der Waals surface area contributed by atoms with Crippen molar-refractivity contribution in [3.63, 3.8) is 0 Å². The highest BCUT2D eigenvalue weighted by Crippen LogP contribution is 2.28. The molecule has 0 saturated carbocycles. The van der Waals surface area contributed by atoms with Crippen molar-refractivity contribution in [3.05, 3.63) is 82.1 Å². The first kappa shape index (κ1) is 20.2. The molecule has 0 fully saturated rings. The SMILES string of the molecule is CC(OC(=O)Cc1csc(Cc2ccccc2)n1)c1nc2ccccc2n1C(F)F. The zero-order valence-corrected chi connectivity index (χ0v) is 17.0. The molecule has 2 heterocycles. The summed E-state index contributed by atoms with van der Waals surface area (Å²) in [6.07, 6.45) is -0.249. The number of fused-ring (bicyclic) bond motifs is 1. The lowest BCUT2D eigenvalue weighted by Crippen LogP contribution is -2.16. The molecule has 0 amide bonds. The molecule has 0 N–H and O–H groups in total. The summed E-state index contributed by atoms with van der Waals surface area (Å²) in [6, 6.07) is 16.5. The van der Waals surface area contributed by atoms with Crippen LogP contribution in [0.2, 0.25) is 0 Å². The molecule has 0 spiro atoms. The second kappa shape index (κ2) is 8.71. The molecule has 1 unspecified atom stereocenters. The predicted octanol–water partition coefficient (Wildman–Crippen LogP) is 5.33. The third-order valence-electron chi connectivity index (χ3n) is 4.61. The molecule has 30 heavy (non-hydrogen) atoms. The van der Waals surface area contributed by atoms with Crippen LogP contribution in [0.15, 0.2) is 60.0 Å². The third-order valence-corrected chi connectivity index (χ3v) is 5.51. The Morgan fingerprint density at radius 1 is 1.10 bits per heavy atom. The number of para-hydroxylation sites is 2. The maximum atomic E-state index is 13.6. The van der Waals surface area contributed by atoms with E-state index in [2.05, 4.69) is 9.97 Å². The van der Waals surface area contributed by atoms with Gasteiger partial charge in [-0.15, -0.1) is 11.3 Å². The number of imidazole rings is 1. The number of thiazole rings is 1. The van der Waals surface area contributed by atoms with Gasteiger partial charge in [0, 0.05) is 11.8 Å². The summed E-state index contributed by atoms with van der Waals surface area (Å²) in [6.45, 7) is -1.24. The summed E-state index contributed by atoms with van der Waals surface area (Å²) in [7, 11) is 0. The lowest BCUT2D eigenvalue weighted by Gasteiger charge is -2.14.